The van der Waals surface area contributed by atoms with E-state index in [1.54, 1.807) is 6.33 Å². The normalized spacial score (nSPS) is 17.8. The predicted molar refractivity (Wildman–Crippen MR) is 84.2 cm³/mol. The van der Waals surface area contributed by atoms with Gasteiger partial charge in [-0.3, -0.25) is 0 Å². The second kappa shape index (κ2) is 7.17. The Hall–Kier alpha value is -1.21. The first-order valence-electron chi connectivity index (χ1n) is 7.44. The summed E-state index contributed by atoms with van der Waals surface area (Å²) >= 11 is 0. The van der Waals surface area contributed by atoms with Gasteiger partial charge in [0.25, 0.3) is 0 Å². The van der Waals surface area contributed by atoms with Gasteiger partial charge in [0.05, 0.1) is 5.75 Å². The molecule has 0 radical (unpaired) electrons. The average molecular weight is 312 g/mol. The molecule has 1 saturated heterocycles. The van der Waals surface area contributed by atoms with E-state index in [4.69, 9.17) is 0 Å². The third-order valence-electron chi connectivity index (χ3n) is 3.80. The van der Waals surface area contributed by atoms with Crippen molar-refractivity contribution in [2.24, 2.45) is 0 Å². The van der Waals surface area contributed by atoms with Crippen LogP contribution in [-0.2, 0) is 16.3 Å². The predicted octanol–water partition coefficient (Wildman–Crippen LogP) is 0.960. The van der Waals surface area contributed by atoms with Gasteiger partial charge in [-0.2, -0.15) is 0 Å². The number of likely N-dealkylation sites (tertiary alicyclic amines) is 1. The summed E-state index contributed by atoms with van der Waals surface area (Å²) in [7, 11) is -2.87. The van der Waals surface area contributed by atoms with Crippen LogP contribution in [0.3, 0.4) is 0 Å². The molecule has 1 aromatic rings. The average Bonchev–Trinajstić information content (AvgIpc) is 2.46. The third-order valence-corrected chi connectivity index (χ3v) is 4.73. The number of hydrogen-bond acceptors (Lipinski definition) is 6. The Morgan fingerprint density at radius 2 is 2.05 bits per heavy atom. The molecule has 0 aromatic carbocycles. The number of hydrogen-bond donors (Lipinski definition) is 1. The van der Waals surface area contributed by atoms with Gasteiger partial charge in [0.15, 0.2) is 0 Å². The molecule has 118 valence electrons. The van der Waals surface area contributed by atoms with Crippen LogP contribution in [-0.4, -0.2) is 61.0 Å². The maximum Gasteiger partial charge on any atom is 0.148 e. The summed E-state index contributed by atoms with van der Waals surface area (Å²) in [6, 6.07) is 2.40. The number of aryl methyl sites for hydroxylation is 1. The van der Waals surface area contributed by atoms with Crippen molar-refractivity contribution >= 4 is 15.7 Å². The van der Waals surface area contributed by atoms with Gasteiger partial charge in [-0.1, -0.05) is 6.92 Å². The van der Waals surface area contributed by atoms with Crippen LogP contribution >= 0.6 is 0 Å². The molecule has 1 aliphatic rings. The molecule has 1 N–H and O–H groups in total. The van der Waals surface area contributed by atoms with Crippen LogP contribution in [0.1, 0.15) is 25.5 Å². The number of piperidine rings is 1. The van der Waals surface area contributed by atoms with Crippen molar-refractivity contribution in [2.45, 2.75) is 32.2 Å². The summed E-state index contributed by atoms with van der Waals surface area (Å²) in [5, 5.41) is 3.45. The summed E-state index contributed by atoms with van der Waals surface area (Å²) in [4.78, 5) is 10.7. The highest BCUT2D eigenvalue weighted by Crippen LogP contribution is 2.15. The molecule has 0 unspecified atom stereocenters. The Bertz CT molecular complexity index is 554. The minimum atomic E-state index is -2.87. The summed E-state index contributed by atoms with van der Waals surface area (Å²) in [6.45, 7) is 4.57. The molecule has 2 heterocycles. The minimum absolute atomic E-state index is 0.247. The summed E-state index contributed by atoms with van der Waals surface area (Å²) in [5.41, 5.74) is 1.04. The van der Waals surface area contributed by atoms with E-state index >= 15 is 0 Å². The third kappa shape index (κ3) is 5.59. The van der Waals surface area contributed by atoms with E-state index in [-0.39, 0.29) is 5.75 Å². The molecule has 21 heavy (non-hydrogen) atoms. The zero-order chi connectivity index (χ0) is 15.3. The van der Waals surface area contributed by atoms with E-state index < -0.39 is 9.84 Å². The van der Waals surface area contributed by atoms with Gasteiger partial charge >= 0.3 is 0 Å². The highest BCUT2D eigenvalue weighted by Gasteiger charge is 2.20. The Morgan fingerprint density at radius 1 is 1.33 bits per heavy atom. The lowest BCUT2D eigenvalue weighted by molar-refractivity contribution is 0.230. The molecule has 1 fully saturated rings. The summed E-state index contributed by atoms with van der Waals surface area (Å²) in [6.07, 6.45) is 5.82. The van der Waals surface area contributed by atoms with Crippen molar-refractivity contribution in [1.82, 2.24) is 14.9 Å². The molecule has 0 aliphatic carbocycles. The van der Waals surface area contributed by atoms with E-state index in [9.17, 15) is 8.42 Å². The molecular weight excluding hydrogens is 288 g/mol. The first-order chi connectivity index (χ1) is 9.96. The van der Waals surface area contributed by atoms with Crippen molar-refractivity contribution in [3.8, 4) is 0 Å². The Morgan fingerprint density at radius 3 is 2.67 bits per heavy atom. The molecule has 2 rings (SSSR count). The van der Waals surface area contributed by atoms with Gasteiger partial charge in [0.2, 0.25) is 0 Å². The van der Waals surface area contributed by atoms with Gasteiger partial charge in [-0.25, -0.2) is 18.4 Å². The largest absolute Gasteiger partial charge is 0.367 e. The van der Waals surface area contributed by atoms with Crippen molar-refractivity contribution in [3.05, 3.63) is 18.1 Å². The number of anilines is 1. The number of rotatable bonds is 6. The van der Waals surface area contributed by atoms with Crippen LogP contribution in [0.5, 0.6) is 0 Å². The fourth-order valence-electron chi connectivity index (χ4n) is 2.47. The van der Waals surface area contributed by atoms with Crippen LogP contribution in [0.2, 0.25) is 0 Å². The molecule has 1 aliphatic heterocycles. The summed E-state index contributed by atoms with van der Waals surface area (Å²) < 4.78 is 22.4. The first kappa shape index (κ1) is 16.2. The Labute approximate surface area is 126 Å². The van der Waals surface area contributed by atoms with Crippen molar-refractivity contribution in [2.75, 3.05) is 37.0 Å². The number of aromatic nitrogens is 2. The molecule has 7 heteroatoms. The second-order valence-corrected chi connectivity index (χ2v) is 7.90. The van der Waals surface area contributed by atoms with E-state index in [0.717, 1.165) is 43.9 Å². The maximum absolute atomic E-state index is 11.2. The van der Waals surface area contributed by atoms with Gasteiger partial charge in [0, 0.05) is 43.7 Å². The van der Waals surface area contributed by atoms with Gasteiger partial charge in [-0.05, 0) is 19.3 Å². The monoisotopic (exact) mass is 312 g/mol. The number of nitrogens with zero attached hydrogens (tertiary/aromatic N) is 3. The van der Waals surface area contributed by atoms with Gasteiger partial charge < -0.3 is 10.2 Å². The zero-order valence-electron chi connectivity index (χ0n) is 12.7. The molecule has 6 nitrogen and oxygen atoms in total. The molecule has 0 atom stereocenters. The zero-order valence-corrected chi connectivity index (χ0v) is 13.6. The lowest BCUT2D eigenvalue weighted by atomic mass is 10.1. The fourth-order valence-corrected chi connectivity index (χ4v) is 3.06. The second-order valence-electron chi connectivity index (χ2n) is 5.64. The Balaban J connectivity index is 1.78. The molecule has 1 aromatic heterocycles. The number of nitrogens with one attached hydrogen (secondary N) is 1. The van der Waals surface area contributed by atoms with Crippen LogP contribution in [0.4, 0.5) is 5.82 Å². The van der Waals surface area contributed by atoms with E-state index in [1.807, 2.05) is 6.07 Å². The maximum atomic E-state index is 11.2. The molecule has 0 amide bonds. The minimum Gasteiger partial charge on any atom is -0.367 e. The SMILES string of the molecule is CCc1cc(NC2CCN(CCS(C)(=O)=O)CC2)ncn1. The topological polar surface area (TPSA) is 75.2 Å². The van der Waals surface area contributed by atoms with Gasteiger partial charge in [-0.15, -0.1) is 0 Å². The van der Waals surface area contributed by atoms with E-state index in [1.165, 1.54) is 6.26 Å². The quantitative estimate of drug-likeness (QED) is 0.843. The van der Waals surface area contributed by atoms with Crippen LogP contribution in [0.25, 0.3) is 0 Å². The highest BCUT2D eigenvalue weighted by atomic mass is 32.2. The van der Waals surface area contributed by atoms with E-state index in [0.29, 0.717) is 12.6 Å². The molecule has 0 spiro atoms. The van der Waals surface area contributed by atoms with Crippen molar-refractivity contribution in [3.63, 3.8) is 0 Å². The standard InChI is InChI=1S/C14H24N4O2S/c1-3-12-10-14(16-11-15-12)17-13-4-6-18(7-5-13)8-9-21(2,19)20/h10-11,13H,3-9H2,1-2H3,(H,15,16,17). The molecule has 0 saturated carbocycles. The lowest BCUT2D eigenvalue weighted by Crippen LogP contribution is -2.41. The smallest absolute Gasteiger partial charge is 0.148 e. The van der Waals surface area contributed by atoms with E-state index in [2.05, 4.69) is 27.1 Å². The Kier molecular flexibility index (Phi) is 5.52. The summed E-state index contributed by atoms with van der Waals surface area (Å²) in [5.74, 6) is 1.13. The van der Waals surface area contributed by atoms with Crippen LogP contribution in [0, 0.1) is 0 Å². The molecule has 0 bridgehead atoms. The number of sulfone groups is 1. The van der Waals surface area contributed by atoms with Crippen molar-refractivity contribution < 1.29 is 8.42 Å². The lowest BCUT2D eigenvalue weighted by Gasteiger charge is -2.32. The first-order valence-corrected chi connectivity index (χ1v) is 9.50. The van der Waals surface area contributed by atoms with Gasteiger partial charge in [0.1, 0.15) is 22.0 Å². The molecular formula is C14H24N4O2S. The van der Waals surface area contributed by atoms with Crippen LogP contribution in [0.15, 0.2) is 12.4 Å². The fraction of sp³-hybridized carbons (Fsp3) is 0.714. The van der Waals surface area contributed by atoms with Crippen molar-refractivity contribution in [1.29, 1.82) is 0 Å². The highest BCUT2D eigenvalue weighted by molar-refractivity contribution is 7.90. The van der Waals surface area contributed by atoms with Crippen LogP contribution < -0.4 is 5.32 Å².